The highest BCUT2D eigenvalue weighted by atomic mass is 16.5. The van der Waals surface area contributed by atoms with Crippen molar-refractivity contribution in [1.29, 1.82) is 0 Å². The fourth-order valence-corrected chi connectivity index (χ4v) is 1.16. The molecule has 1 N–H and O–H groups in total. The van der Waals surface area contributed by atoms with Crippen LogP contribution in [0.1, 0.15) is 13.3 Å². The third-order valence-electron chi connectivity index (χ3n) is 1.90. The maximum atomic E-state index is 5.31. The molecule has 9 heavy (non-hydrogen) atoms. The highest BCUT2D eigenvalue weighted by Crippen LogP contribution is 2.18. The van der Waals surface area contributed by atoms with Crippen LogP contribution in [0.4, 0.5) is 0 Å². The normalized spacial score (nSPS) is 29.3. The van der Waals surface area contributed by atoms with Crippen molar-refractivity contribution in [3.8, 4) is 0 Å². The molecule has 0 amide bonds. The maximum absolute atomic E-state index is 5.31. The van der Waals surface area contributed by atoms with Gasteiger partial charge in [-0.15, -0.1) is 0 Å². The molecule has 1 aliphatic rings. The Morgan fingerprint density at radius 3 is 2.78 bits per heavy atom. The lowest BCUT2D eigenvalue weighted by Crippen LogP contribution is -2.37. The summed E-state index contributed by atoms with van der Waals surface area (Å²) in [6, 6.07) is 0. The van der Waals surface area contributed by atoms with Crippen LogP contribution in [0, 0.1) is 5.92 Å². The second-order valence-corrected chi connectivity index (χ2v) is 2.73. The van der Waals surface area contributed by atoms with E-state index in [4.69, 9.17) is 4.74 Å². The molecule has 0 spiro atoms. The van der Waals surface area contributed by atoms with E-state index in [-0.39, 0.29) is 0 Å². The molecule has 1 rings (SSSR count). The second kappa shape index (κ2) is 3.18. The van der Waals surface area contributed by atoms with Gasteiger partial charge in [0.25, 0.3) is 0 Å². The molecule has 2 atom stereocenters. The molecule has 0 aromatic heterocycles. The van der Waals surface area contributed by atoms with Gasteiger partial charge < -0.3 is 10.1 Å². The fraction of sp³-hybridized carbons (Fsp3) is 1.00. The van der Waals surface area contributed by atoms with Crippen LogP contribution in [0.2, 0.25) is 0 Å². The Morgan fingerprint density at radius 1 is 1.78 bits per heavy atom. The molecular formula is C7H15NO. The van der Waals surface area contributed by atoms with Gasteiger partial charge in [-0.2, -0.15) is 0 Å². The SMILES string of the molecule is CNCC(C)C1CCO1. The van der Waals surface area contributed by atoms with Crippen molar-refractivity contribution in [1.82, 2.24) is 5.32 Å². The smallest absolute Gasteiger partial charge is 0.0634 e. The van der Waals surface area contributed by atoms with Crippen molar-refractivity contribution in [2.24, 2.45) is 5.92 Å². The minimum atomic E-state index is 0.539. The van der Waals surface area contributed by atoms with Gasteiger partial charge >= 0.3 is 0 Å². The van der Waals surface area contributed by atoms with Crippen LogP contribution in [-0.2, 0) is 4.74 Å². The number of hydrogen-bond donors (Lipinski definition) is 1. The Morgan fingerprint density at radius 2 is 2.44 bits per heavy atom. The predicted molar refractivity (Wildman–Crippen MR) is 37.4 cm³/mol. The van der Waals surface area contributed by atoms with Gasteiger partial charge in [0.15, 0.2) is 0 Å². The van der Waals surface area contributed by atoms with Gasteiger partial charge in [0, 0.05) is 6.61 Å². The molecule has 0 radical (unpaired) electrons. The van der Waals surface area contributed by atoms with Gasteiger partial charge in [0.2, 0.25) is 0 Å². The second-order valence-electron chi connectivity index (χ2n) is 2.73. The first-order chi connectivity index (χ1) is 4.34. The summed E-state index contributed by atoms with van der Waals surface area (Å²) < 4.78 is 5.31. The van der Waals surface area contributed by atoms with Crippen LogP contribution in [0.15, 0.2) is 0 Å². The van der Waals surface area contributed by atoms with Gasteiger partial charge in [0.1, 0.15) is 0 Å². The van der Waals surface area contributed by atoms with E-state index in [1.165, 1.54) is 6.42 Å². The highest BCUT2D eigenvalue weighted by Gasteiger charge is 2.23. The molecule has 1 saturated heterocycles. The first-order valence-corrected chi connectivity index (χ1v) is 3.61. The summed E-state index contributed by atoms with van der Waals surface area (Å²) in [5.74, 6) is 0.684. The summed E-state index contributed by atoms with van der Waals surface area (Å²) in [6.07, 6.45) is 1.79. The molecule has 0 saturated carbocycles. The van der Waals surface area contributed by atoms with Gasteiger partial charge in [-0.05, 0) is 25.9 Å². The van der Waals surface area contributed by atoms with Crippen LogP contribution in [-0.4, -0.2) is 26.3 Å². The molecular weight excluding hydrogens is 114 g/mol. The van der Waals surface area contributed by atoms with Crippen LogP contribution in [0.5, 0.6) is 0 Å². The van der Waals surface area contributed by atoms with E-state index in [0.29, 0.717) is 12.0 Å². The van der Waals surface area contributed by atoms with Crippen molar-refractivity contribution in [3.05, 3.63) is 0 Å². The van der Waals surface area contributed by atoms with Gasteiger partial charge in [0.05, 0.1) is 6.10 Å². The maximum Gasteiger partial charge on any atom is 0.0634 e. The van der Waals surface area contributed by atoms with Crippen molar-refractivity contribution in [2.45, 2.75) is 19.4 Å². The van der Waals surface area contributed by atoms with E-state index in [1.54, 1.807) is 0 Å². The lowest BCUT2D eigenvalue weighted by atomic mass is 9.99. The molecule has 2 heteroatoms. The summed E-state index contributed by atoms with van der Waals surface area (Å²) in [5, 5.41) is 3.14. The number of rotatable bonds is 3. The predicted octanol–water partition coefficient (Wildman–Crippen LogP) is 0.631. The van der Waals surface area contributed by atoms with Crippen LogP contribution in [0.25, 0.3) is 0 Å². The summed E-state index contributed by atoms with van der Waals surface area (Å²) in [4.78, 5) is 0. The number of nitrogens with one attached hydrogen (secondary N) is 1. The van der Waals surface area contributed by atoms with E-state index in [9.17, 15) is 0 Å². The van der Waals surface area contributed by atoms with Crippen LogP contribution in [0.3, 0.4) is 0 Å². The van der Waals surface area contributed by atoms with Gasteiger partial charge in [-0.1, -0.05) is 6.92 Å². The molecule has 0 aliphatic carbocycles. The van der Waals surface area contributed by atoms with Crippen molar-refractivity contribution in [2.75, 3.05) is 20.2 Å². The fourth-order valence-electron chi connectivity index (χ4n) is 1.16. The zero-order valence-electron chi connectivity index (χ0n) is 6.18. The molecule has 54 valence electrons. The third-order valence-corrected chi connectivity index (χ3v) is 1.90. The molecule has 1 aliphatic heterocycles. The molecule has 0 aromatic rings. The van der Waals surface area contributed by atoms with E-state index in [0.717, 1.165) is 13.2 Å². The summed E-state index contributed by atoms with van der Waals surface area (Å²) in [5.41, 5.74) is 0. The quantitative estimate of drug-likeness (QED) is 0.603. The Hall–Kier alpha value is -0.0800. The van der Waals surface area contributed by atoms with Gasteiger partial charge in [-0.3, -0.25) is 0 Å². The largest absolute Gasteiger partial charge is 0.378 e. The molecule has 1 fully saturated rings. The minimum absolute atomic E-state index is 0.539. The van der Waals surface area contributed by atoms with Crippen molar-refractivity contribution in [3.63, 3.8) is 0 Å². The average Bonchev–Trinajstić information content (AvgIpc) is 1.60. The van der Waals surface area contributed by atoms with Crippen LogP contribution >= 0.6 is 0 Å². The first kappa shape index (κ1) is 7.03. The zero-order chi connectivity index (χ0) is 6.69. The van der Waals surface area contributed by atoms with E-state index < -0.39 is 0 Å². The number of hydrogen-bond acceptors (Lipinski definition) is 2. The van der Waals surface area contributed by atoms with Gasteiger partial charge in [-0.25, -0.2) is 0 Å². The van der Waals surface area contributed by atoms with E-state index in [1.807, 2.05) is 7.05 Å². The lowest BCUT2D eigenvalue weighted by Gasteiger charge is -2.31. The molecule has 2 unspecified atom stereocenters. The van der Waals surface area contributed by atoms with Crippen LogP contribution < -0.4 is 5.32 Å². The Bertz CT molecular complexity index is 81.0. The lowest BCUT2D eigenvalue weighted by molar-refractivity contribution is -0.0795. The Kier molecular flexibility index (Phi) is 2.49. The monoisotopic (exact) mass is 129 g/mol. The summed E-state index contributed by atoms with van der Waals surface area (Å²) >= 11 is 0. The molecule has 1 heterocycles. The third kappa shape index (κ3) is 1.66. The van der Waals surface area contributed by atoms with E-state index >= 15 is 0 Å². The summed E-state index contributed by atoms with van der Waals surface area (Å²) in [6.45, 7) is 4.27. The van der Waals surface area contributed by atoms with E-state index in [2.05, 4.69) is 12.2 Å². The Balaban J connectivity index is 2.08. The first-order valence-electron chi connectivity index (χ1n) is 3.61. The number of ether oxygens (including phenoxy) is 1. The Labute approximate surface area is 56.6 Å². The molecule has 0 bridgehead atoms. The van der Waals surface area contributed by atoms with Crippen molar-refractivity contribution >= 4 is 0 Å². The topological polar surface area (TPSA) is 21.3 Å². The highest BCUT2D eigenvalue weighted by molar-refractivity contribution is 4.73. The van der Waals surface area contributed by atoms with Crippen molar-refractivity contribution < 1.29 is 4.74 Å². The standard InChI is InChI=1S/C7H15NO/c1-6(5-8-2)7-3-4-9-7/h6-8H,3-5H2,1-2H3. The zero-order valence-corrected chi connectivity index (χ0v) is 6.18. The average molecular weight is 129 g/mol. The molecule has 2 nitrogen and oxygen atoms in total. The molecule has 0 aromatic carbocycles. The minimum Gasteiger partial charge on any atom is -0.378 e. The summed E-state index contributed by atoms with van der Waals surface area (Å²) in [7, 11) is 1.98.